The highest BCUT2D eigenvalue weighted by atomic mass is 32.1. The van der Waals surface area contributed by atoms with E-state index >= 15 is 0 Å². The third-order valence-corrected chi connectivity index (χ3v) is 5.45. The van der Waals surface area contributed by atoms with Gasteiger partial charge < -0.3 is 34.7 Å². The van der Waals surface area contributed by atoms with Crippen LogP contribution in [0.3, 0.4) is 0 Å². The minimum Gasteiger partial charge on any atom is -0.507 e. The van der Waals surface area contributed by atoms with Crippen LogP contribution in [0.4, 0.5) is 5.13 Å². The van der Waals surface area contributed by atoms with Crippen LogP contribution in [0.25, 0.3) is 0 Å². The zero-order valence-electron chi connectivity index (χ0n) is 17.0. The maximum Gasteiger partial charge on any atom is 0.451 e. The van der Waals surface area contributed by atoms with Crippen molar-refractivity contribution in [2.75, 3.05) is 25.9 Å². The van der Waals surface area contributed by atoms with Gasteiger partial charge in [0.1, 0.15) is 30.3 Å². The van der Waals surface area contributed by atoms with Crippen molar-refractivity contribution in [3.8, 4) is 11.5 Å². The Morgan fingerprint density at radius 1 is 1.38 bits per heavy atom. The average Bonchev–Trinajstić information content (AvgIpc) is 3.12. The van der Waals surface area contributed by atoms with Crippen LogP contribution in [0.1, 0.15) is 21.6 Å². The normalized spacial score (nSPS) is 14.1. The van der Waals surface area contributed by atoms with Crippen LogP contribution < -0.4 is 15.5 Å². The van der Waals surface area contributed by atoms with Crippen molar-refractivity contribution in [1.82, 2.24) is 4.90 Å². The molecule has 1 fully saturated rings. The number of nitrogens with zero attached hydrogens (tertiary/aromatic N) is 2. The predicted octanol–water partition coefficient (Wildman–Crippen LogP) is -0.796. The van der Waals surface area contributed by atoms with Crippen LogP contribution in [0.15, 0.2) is 22.7 Å². The second kappa shape index (κ2) is 9.85. The molecule has 0 bridgehead atoms. The SMILES string of the molecule is CON=C(C(=O)N1CC(Oc2ccc(CCB(O)O)c(O)c2C(=O)O)C1)c1csc(N)[nH+]1. The first-order chi connectivity index (χ1) is 15.2. The fourth-order valence-corrected chi connectivity index (χ4v) is 3.72. The number of anilines is 1. The topological polar surface area (TPSA) is 189 Å². The van der Waals surface area contributed by atoms with Crippen molar-refractivity contribution < 1.29 is 44.4 Å². The van der Waals surface area contributed by atoms with E-state index in [0.29, 0.717) is 10.8 Å². The molecule has 1 saturated heterocycles. The molecule has 7 N–H and O–H groups in total. The number of aromatic amines is 1. The maximum atomic E-state index is 12.8. The number of carboxylic acid groups (broad SMARTS) is 1. The lowest BCUT2D eigenvalue weighted by molar-refractivity contribution is -0.356. The molecule has 3 rings (SSSR count). The van der Waals surface area contributed by atoms with Gasteiger partial charge in [0, 0.05) is 5.38 Å². The Bertz CT molecular complexity index is 1040. The van der Waals surface area contributed by atoms with Crippen LogP contribution in [0.2, 0.25) is 6.32 Å². The van der Waals surface area contributed by atoms with Crippen molar-refractivity contribution in [2.24, 2.45) is 5.16 Å². The number of hydrogen-bond acceptors (Lipinski definition) is 10. The van der Waals surface area contributed by atoms with Gasteiger partial charge in [-0.25, -0.2) is 9.78 Å². The number of carbonyl (C=O) groups is 2. The van der Waals surface area contributed by atoms with Crippen molar-refractivity contribution in [2.45, 2.75) is 18.8 Å². The van der Waals surface area contributed by atoms with Gasteiger partial charge in [-0.05, 0) is 24.4 Å². The number of phenols is 1. The highest BCUT2D eigenvalue weighted by Gasteiger charge is 2.37. The fraction of sp³-hybridized carbons (Fsp3) is 0.333. The number of likely N-dealkylation sites (tertiary alicyclic amines) is 1. The Balaban J connectivity index is 1.69. The lowest BCUT2D eigenvalue weighted by atomic mass is 9.82. The highest BCUT2D eigenvalue weighted by molar-refractivity contribution is 7.13. The van der Waals surface area contributed by atoms with Crippen molar-refractivity contribution in [3.05, 3.63) is 34.3 Å². The Morgan fingerprint density at radius 2 is 2.09 bits per heavy atom. The molecule has 2 heterocycles. The van der Waals surface area contributed by atoms with E-state index in [1.165, 1.54) is 35.5 Å². The molecule has 1 aliphatic heterocycles. The molecule has 12 nitrogen and oxygen atoms in total. The summed E-state index contributed by atoms with van der Waals surface area (Å²) in [5.41, 5.74) is 5.94. The fourth-order valence-electron chi connectivity index (χ4n) is 3.14. The zero-order valence-corrected chi connectivity index (χ0v) is 17.8. The molecule has 1 aromatic heterocycles. The molecule has 0 aliphatic carbocycles. The molecule has 0 unspecified atom stereocenters. The van der Waals surface area contributed by atoms with E-state index in [-0.39, 0.29) is 42.9 Å². The largest absolute Gasteiger partial charge is 0.507 e. The van der Waals surface area contributed by atoms with Gasteiger partial charge in [0.05, 0.1) is 13.1 Å². The van der Waals surface area contributed by atoms with Gasteiger partial charge in [0.2, 0.25) is 5.71 Å². The maximum absolute atomic E-state index is 12.8. The number of carbonyl (C=O) groups excluding carboxylic acids is 1. The summed E-state index contributed by atoms with van der Waals surface area (Å²) < 4.78 is 5.70. The predicted molar refractivity (Wildman–Crippen MR) is 114 cm³/mol. The Hall–Kier alpha value is -3.36. The molecule has 0 atom stereocenters. The average molecular weight is 465 g/mol. The van der Waals surface area contributed by atoms with E-state index in [9.17, 15) is 19.8 Å². The van der Waals surface area contributed by atoms with Crippen LogP contribution in [0.5, 0.6) is 11.5 Å². The number of nitrogens with one attached hydrogen (secondary N) is 1. The second-order valence-electron chi connectivity index (χ2n) is 6.98. The van der Waals surface area contributed by atoms with E-state index in [0.717, 1.165) is 0 Å². The minimum absolute atomic E-state index is 0.0400. The summed E-state index contributed by atoms with van der Waals surface area (Å²) in [7, 11) is -0.262. The number of aryl methyl sites for hydroxylation is 1. The van der Waals surface area contributed by atoms with E-state index in [2.05, 4.69) is 10.1 Å². The molecule has 14 heteroatoms. The summed E-state index contributed by atoms with van der Waals surface area (Å²) in [5.74, 6) is -2.36. The highest BCUT2D eigenvalue weighted by Crippen LogP contribution is 2.34. The van der Waals surface area contributed by atoms with Crippen molar-refractivity contribution >= 4 is 41.2 Å². The second-order valence-corrected chi connectivity index (χ2v) is 7.89. The molecule has 0 spiro atoms. The molecule has 32 heavy (non-hydrogen) atoms. The van der Waals surface area contributed by atoms with Crippen LogP contribution in [-0.4, -0.2) is 76.2 Å². The van der Waals surface area contributed by atoms with Gasteiger partial charge in [-0.15, -0.1) is 0 Å². The Kier molecular flexibility index (Phi) is 7.17. The molecule has 170 valence electrons. The number of aromatic nitrogens is 1. The van der Waals surface area contributed by atoms with Crippen LogP contribution in [-0.2, 0) is 16.1 Å². The summed E-state index contributed by atoms with van der Waals surface area (Å²) in [6.45, 7) is 0.332. The molecule has 0 radical (unpaired) electrons. The number of carboxylic acids is 1. The molecule has 1 aromatic carbocycles. The van der Waals surface area contributed by atoms with Gasteiger partial charge in [-0.1, -0.05) is 22.6 Å². The van der Waals surface area contributed by atoms with Gasteiger partial charge in [-0.2, -0.15) is 0 Å². The summed E-state index contributed by atoms with van der Waals surface area (Å²) in [6, 6.07) is 2.86. The van der Waals surface area contributed by atoms with Crippen LogP contribution >= 0.6 is 11.3 Å². The third kappa shape index (κ3) is 5.10. The number of thiazole rings is 1. The third-order valence-electron chi connectivity index (χ3n) is 4.74. The lowest BCUT2D eigenvalue weighted by Gasteiger charge is -2.39. The number of oxime groups is 1. The number of ether oxygens (including phenoxy) is 1. The molecule has 2 aromatic rings. The molecular formula is C18H22BN4O8S+. The monoisotopic (exact) mass is 465 g/mol. The minimum atomic E-state index is -1.58. The summed E-state index contributed by atoms with van der Waals surface area (Å²) in [6.07, 6.45) is -0.492. The Morgan fingerprint density at radius 3 is 2.66 bits per heavy atom. The zero-order chi connectivity index (χ0) is 23.4. The van der Waals surface area contributed by atoms with Crippen molar-refractivity contribution in [3.63, 3.8) is 0 Å². The number of nitrogen functional groups attached to an aromatic ring is 1. The number of hydrogen-bond donors (Lipinski definition) is 5. The van der Waals surface area contributed by atoms with E-state index < -0.39 is 36.4 Å². The number of aromatic carboxylic acids is 1. The quantitative estimate of drug-likeness (QED) is 0.179. The Labute approximate surface area is 186 Å². The van der Waals surface area contributed by atoms with Gasteiger partial charge in [0.25, 0.3) is 5.91 Å². The number of aromatic hydroxyl groups is 1. The van der Waals surface area contributed by atoms with E-state index in [4.69, 9.17) is 25.4 Å². The van der Waals surface area contributed by atoms with E-state index in [1.54, 1.807) is 5.38 Å². The number of H-pyrrole nitrogens is 1. The molecule has 0 saturated carbocycles. The van der Waals surface area contributed by atoms with Gasteiger partial charge >= 0.3 is 18.2 Å². The van der Waals surface area contributed by atoms with Crippen molar-refractivity contribution in [1.29, 1.82) is 0 Å². The first-order valence-corrected chi connectivity index (χ1v) is 10.4. The van der Waals surface area contributed by atoms with Gasteiger partial charge in [0.15, 0.2) is 5.69 Å². The summed E-state index contributed by atoms with van der Waals surface area (Å²) >= 11 is 1.21. The number of benzene rings is 1. The summed E-state index contributed by atoms with van der Waals surface area (Å²) in [4.78, 5) is 33.5. The number of nitrogens with two attached hydrogens (primary N) is 1. The standard InChI is InChI=1S/C18H21BN4O8S/c1-30-22-14(11-8-32-18(20)21-11)16(25)23-6-10(7-23)31-12-3-2-9(4-5-19(28)29)15(24)13(12)17(26)27/h2-3,8,10,24,28-29H,4-7H2,1H3,(H2,20,21)(H,26,27)/p+1. The smallest absolute Gasteiger partial charge is 0.451 e. The lowest BCUT2D eigenvalue weighted by Crippen LogP contribution is -2.58. The van der Waals surface area contributed by atoms with Gasteiger partial charge in [-0.3, -0.25) is 10.5 Å². The molecular weight excluding hydrogens is 443 g/mol. The molecule has 1 amide bonds. The molecule has 1 aliphatic rings. The number of rotatable bonds is 9. The number of amides is 1. The van der Waals surface area contributed by atoms with Crippen LogP contribution in [0, 0.1) is 0 Å². The van der Waals surface area contributed by atoms with E-state index in [1.807, 2.05) is 0 Å². The first kappa shape index (κ1) is 23.3. The summed E-state index contributed by atoms with van der Waals surface area (Å²) in [5, 5.41) is 43.6. The first-order valence-electron chi connectivity index (χ1n) is 9.49.